The summed E-state index contributed by atoms with van der Waals surface area (Å²) in [6.45, 7) is 0.432. The summed E-state index contributed by atoms with van der Waals surface area (Å²) in [6.07, 6.45) is 0.621. The number of para-hydroxylation sites is 1. The molecule has 1 N–H and O–H groups in total. The van der Waals surface area contributed by atoms with Gasteiger partial charge in [0, 0.05) is 23.7 Å². The zero-order valence-corrected chi connectivity index (χ0v) is 12.5. The quantitative estimate of drug-likeness (QED) is 0.879. The Bertz CT molecular complexity index is 716. The van der Waals surface area contributed by atoms with Gasteiger partial charge in [0.2, 0.25) is 0 Å². The van der Waals surface area contributed by atoms with Gasteiger partial charge in [-0.15, -0.1) is 0 Å². The van der Waals surface area contributed by atoms with Gasteiger partial charge in [0.05, 0.1) is 0 Å². The van der Waals surface area contributed by atoms with E-state index in [4.69, 9.17) is 4.74 Å². The minimum atomic E-state index is -0.871. The Morgan fingerprint density at radius 1 is 1.14 bits per heavy atom. The molecule has 1 amide bonds. The van der Waals surface area contributed by atoms with E-state index < -0.39 is 5.60 Å². The van der Waals surface area contributed by atoms with Crippen molar-refractivity contribution in [3.05, 3.63) is 65.7 Å². The second-order valence-electron chi connectivity index (χ2n) is 5.99. The molecule has 2 aliphatic rings. The fourth-order valence-corrected chi connectivity index (χ4v) is 3.47. The highest BCUT2D eigenvalue weighted by Crippen LogP contribution is 2.47. The van der Waals surface area contributed by atoms with Crippen LogP contribution in [0.1, 0.15) is 23.6 Å². The zero-order valence-electron chi connectivity index (χ0n) is 12.5. The lowest BCUT2D eigenvalue weighted by Crippen LogP contribution is -2.48. The molecular formula is C18H18N2O2. The summed E-state index contributed by atoms with van der Waals surface area (Å²) in [5, 5.41) is 2.96. The Morgan fingerprint density at radius 3 is 2.68 bits per heavy atom. The maximum absolute atomic E-state index is 12.6. The van der Waals surface area contributed by atoms with E-state index in [0.29, 0.717) is 13.2 Å². The van der Waals surface area contributed by atoms with Crippen molar-refractivity contribution in [3.63, 3.8) is 0 Å². The molecule has 1 fully saturated rings. The Morgan fingerprint density at radius 2 is 1.86 bits per heavy atom. The number of anilines is 1. The standard InChI is InChI=1S/C18H18N2O2/c1-20-12-22-18(11-16(20)13-7-3-2-4-8-13)14-9-5-6-10-15(14)19-17(18)21/h2-10,16H,11-12H2,1H3,(H,19,21)/t16-,18-/m1/s1. The molecule has 0 unspecified atom stereocenters. The molecule has 4 nitrogen and oxygen atoms in total. The Balaban J connectivity index is 1.76. The molecule has 0 aromatic heterocycles. The third-order valence-corrected chi connectivity index (χ3v) is 4.69. The van der Waals surface area contributed by atoms with Crippen molar-refractivity contribution in [2.75, 3.05) is 19.1 Å². The number of amides is 1. The van der Waals surface area contributed by atoms with Crippen molar-refractivity contribution in [1.29, 1.82) is 0 Å². The van der Waals surface area contributed by atoms with Crippen LogP contribution in [0.3, 0.4) is 0 Å². The van der Waals surface area contributed by atoms with Crippen LogP contribution in [0, 0.1) is 0 Å². The molecule has 0 bridgehead atoms. The summed E-state index contributed by atoms with van der Waals surface area (Å²) >= 11 is 0. The summed E-state index contributed by atoms with van der Waals surface area (Å²) in [5.41, 5.74) is 2.16. The van der Waals surface area contributed by atoms with Gasteiger partial charge in [-0.25, -0.2) is 0 Å². The largest absolute Gasteiger partial charge is 0.345 e. The van der Waals surface area contributed by atoms with Gasteiger partial charge in [-0.1, -0.05) is 48.5 Å². The van der Waals surface area contributed by atoms with Crippen molar-refractivity contribution in [3.8, 4) is 0 Å². The summed E-state index contributed by atoms with van der Waals surface area (Å²) in [7, 11) is 2.03. The highest BCUT2D eigenvalue weighted by molar-refractivity contribution is 6.05. The van der Waals surface area contributed by atoms with Gasteiger partial charge in [-0.3, -0.25) is 9.69 Å². The predicted molar refractivity (Wildman–Crippen MR) is 84.3 cm³/mol. The topological polar surface area (TPSA) is 41.6 Å². The lowest BCUT2D eigenvalue weighted by molar-refractivity contribution is -0.173. The maximum atomic E-state index is 12.6. The number of carbonyl (C=O) groups excluding carboxylic acids is 1. The second-order valence-corrected chi connectivity index (χ2v) is 5.99. The first-order valence-corrected chi connectivity index (χ1v) is 7.51. The molecule has 1 spiro atoms. The number of hydrogen-bond acceptors (Lipinski definition) is 3. The first kappa shape index (κ1) is 13.5. The van der Waals surface area contributed by atoms with Crippen molar-refractivity contribution in [2.45, 2.75) is 18.1 Å². The first-order chi connectivity index (χ1) is 10.7. The fourth-order valence-electron chi connectivity index (χ4n) is 3.47. The van der Waals surface area contributed by atoms with Crippen LogP contribution in [0.25, 0.3) is 0 Å². The van der Waals surface area contributed by atoms with Crippen LogP contribution in [-0.2, 0) is 15.1 Å². The number of nitrogens with one attached hydrogen (secondary N) is 1. The number of benzene rings is 2. The lowest BCUT2D eigenvalue weighted by Gasteiger charge is -2.42. The van der Waals surface area contributed by atoms with Crippen molar-refractivity contribution < 1.29 is 9.53 Å². The molecule has 4 rings (SSSR count). The van der Waals surface area contributed by atoms with E-state index in [1.165, 1.54) is 5.56 Å². The van der Waals surface area contributed by atoms with Gasteiger partial charge in [-0.05, 0) is 18.7 Å². The molecule has 2 atom stereocenters. The van der Waals surface area contributed by atoms with Crippen LogP contribution in [0.15, 0.2) is 54.6 Å². The maximum Gasteiger partial charge on any atom is 0.261 e. The van der Waals surface area contributed by atoms with E-state index in [0.717, 1.165) is 11.3 Å². The van der Waals surface area contributed by atoms with Crippen LogP contribution in [0.2, 0.25) is 0 Å². The molecule has 2 aromatic carbocycles. The average molecular weight is 294 g/mol. The zero-order chi connectivity index (χ0) is 15.2. The van der Waals surface area contributed by atoms with Gasteiger partial charge >= 0.3 is 0 Å². The van der Waals surface area contributed by atoms with Gasteiger partial charge in [0.25, 0.3) is 5.91 Å². The summed E-state index contributed by atoms with van der Waals surface area (Å²) in [4.78, 5) is 14.8. The number of ether oxygens (including phenoxy) is 1. The normalized spacial score (nSPS) is 27.7. The SMILES string of the molecule is CN1CO[C@@]2(C[C@@H]1c1ccccc1)C(=O)Nc1ccccc12. The molecule has 4 heteroatoms. The van der Waals surface area contributed by atoms with Crippen LogP contribution in [0.4, 0.5) is 5.69 Å². The van der Waals surface area contributed by atoms with Crippen molar-refractivity contribution >= 4 is 11.6 Å². The van der Waals surface area contributed by atoms with E-state index >= 15 is 0 Å². The third-order valence-electron chi connectivity index (χ3n) is 4.69. The van der Waals surface area contributed by atoms with Gasteiger partial charge in [-0.2, -0.15) is 0 Å². The smallest absolute Gasteiger partial charge is 0.261 e. The van der Waals surface area contributed by atoms with E-state index in [9.17, 15) is 4.79 Å². The lowest BCUT2D eigenvalue weighted by atomic mass is 9.84. The van der Waals surface area contributed by atoms with Crippen LogP contribution in [-0.4, -0.2) is 24.6 Å². The number of rotatable bonds is 1. The fraction of sp³-hybridized carbons (Fsp3) is 0.278. The Kier molecular flexibility index (Phi) is 3.03. The molecule has 0 radical (unpaired) electrons. The minimum absolute atomic E-state index is 0.0530. The first-order valence-electron chi connectivity index (χ1n) is 7.51. The van der Waals surface area contributed by atoms with Gasteiger partial charge in [0.15, 0.2) is 5.60 Å². The van der Waals surface area contributed by atoms with E-state index in [-0.39, 0.29) is 11.9 Å². The van der Waals surface area contributed by atoms with Gasteiger partial charge < -0.3 is 10.1 Å². The number of carbonyl (C=O) groups is 1. The summed E-state index contributed by atoms with van der Waals surface area (Å²) in [6, 6.07) is 18.3. The Labute approximate surface area is 129 Å². The number of fused-ring (bicyclic) bond motifs is 2. The molecule has 1 saturated heterocycles. The minimum Gasteiger partial charge on any atom is -0.345 e. The highest BCUT2D eigenvalue weighted by atomic mass is 16.5. The average Bonchev–Trinajstić information content (AvgIpc) is 2.83. The number of hydrogen-bond donors (Lipinski definition) is 1. The molecule has 2 heterocycles. The number of nitrogens with zero attached hydrogens (tertiary/aromatic N) is 1. The van der Waals surface area contributed by atoms with E-state index in [1.54, 1.807) is 0 Å². The molecule has 0 saturated carbocycles. The monoisotopic (exact) mass is 294 g/mol. The third kappa shape index (κ3) is 1.88. The van der Waals surface area contributed by atoms with Crippen LogP contribution < -0.4 is 5.32 Å². The molecule has 22 heavy (non-hydrogen) atoms. The molecular weight excluding hydrogens is 276 g/mol. The molecule has 2 aliphatic heterocycles. The summed E-state index contributed by atoms with van der Waals surface area (Å²) in [5.74, 6) is -0.0530. The Hall–Kier alpha value is -2.17. The predicted octanol–water partition coefficient (Wildman–Crippen LogP) is 2.88. The molecule has 0 aliphatic carbocycles. The molecule has 2 aromatic rings. The van der Waals surface area contributed by atoms with Crippen LogP contribution in [0.5, 0.6) is 0 Å². The van der Waals surface area contributed by atoms with Crippen LogP contribution >= 0.6 is 0 Å². The molecule has 112 valence electrons. The highest BCUT2D eigenvalue weighted by Gasteiger charge is 2.52. The van der Waals surface area contributed by atoms with Gasteiger partial charge in [0.1, 0.15) is 6.73 Å². The van der Waals surface area contributed by atoms with E-state index in [2.05, 4.69) is 22.3 Å². The van der Waals surface area contributed by atoms with Crippen molar-refractivity contribution in [2.24, 2.45) is 0 Å². The van der Waals surface area contributed by atoms with E-state index in [1.807, 2.05) is 49.5 Å². The summed E-state index contributed by atoms with van der Waals surface area (Å²) < 4.78 is 6.04. The van der Waals surface area contributed by atoms with Crippen molar-refractivity contribution in [1.82, 2.24) is 4.90 Å². The second kappa shape index (κ2) is 4.93.